The first-order chi connectivity index (χ1) is 61.9. The number of thiol groups is 1. The van der Waals surface area contributed by atoms with Crippen molar-refractivity contribution in [1.29, 1.82) is 0 Å². The van der Waals surface area contributed by atoms with Gasteiger partial charge in [-0.3, -0.25) is 14.7 Å². The number of hydrogen-bond donors (Lipinski definition) is 4. The highest BCUT2D eigenvalue weighted by Gasteiger charge is 2.52. The lowest BCUT2D eigenvalue weighted by atomic mass is 9.66. The van der Waals surface area contributed by atoms with E-state index in [-0.39, 0.29) is 54.1 Å². The van der Waals surface area contributed by atoms with E-state index < -0.39 is 33.0 Å². The van der Waals surface area contributed by atoms with Crippen molar-refractivity contribution in [2.75, 3.05) is 28.8 Å². The van der Waals surface area contributed by atoms with Crippen molar-refractivity contribution in [3.05, 3.63) is 242 Å². The summed E-state index contributed by atoms with van der Waals surface area (Å²) in [4.78, 5) is 43.2. The predicted molar refractivity (Wildman–Crippen MR) is 550 cm³/mol. The summed E-state index contributed by atoms with van der Waals surface area (Å²) in [5, 5.41) is 9.77. The molecule has 0 radical (unpaired) electrons. The summed E-state index contributed by atoms with van der Waals surface area (Å²) in [5.41, 5.74) is 16.4. The van der Waals surface area contributed by atoms with Crippen molar-refractivity contribution in [2.45, 2.75) is 301 Å². The standard InChI is InChI=1S/C27H36N2OS2.C27H34N2OS2.C23H25NOS.C19H19NOS.C4H7Br.C4H11NOS.CH3FS.FHS/c2*1-26(2,3)32(30)29-25-23-7-5-4-6-21(23)16-27(25)14-12-20(13-15-27)22-10-11-24(28-17-22)31-18-19-8-9-19;25-22-20-4-2-1-3-18(20)13-23(22)11-9-17(10-12-23)19-7-8-21(24-14-19)26-15-16-5-6-16;21-18-16-4-2-1-3-14(16)11-19(18)9-7-13(8-10-19)15-5-6-17(22)20-12-15;5-3-4-1-2-4;1-4(2,3)7(5)6;1-3-2;1-2/h4-7,10-11,17,19-20,25,29H,8-9,12-16,18H2,1-3H3;4-7,10-11,17,19-20H,8-9,12-16,18H2,1-3H3;1-4,7-8,14,16-17H,5-6,9-13,15H2;1-6,12-13H,7-11H2,(H,20,22);4H,1-3H2;5H2,1-3H3;1H3;2H/t20?,25?,27?,32-;20?,27?,32-;;;;7-;;/m11...1../s1. The van der Waals surface area contributed by atoms with Crippen LogP contribution in [0.1, 0.15) is 322 Å². The Balaban J connectivity index is 0.000000139. The molecule has 12 aliphatic rings. The smallest absolute Gasteiger partial charge is 0.169 e. The molecule has 4 atom stereocenters. The van der Waals surface area contributed by atoms with E-state index in [4.69, 9.17) is 31.7 Å². The number of aromatic amines is 1. The molecule has 12 nitrogen and oxygen atoms in total. The molecule has 12 aliphatic carbocycles. The number of Topliss-reactive ketones (excluding diaryl/α,β-unsaturated/α-hetero) is 2. The summed E-state index contributed by atoms with van der Waals surface area (Å²) in [5.74, 6) is 10.6. The van der Waals surface area contributed by atoms with Crippen molar-refractivity contribution < 1.29 is 30.0 Å². The molecule has 8 fully saturated rings. The maximum Gasteiger partial charge on any atom is 0.169 e. The van der Waals surface area contributed by atoms with Gasteiger partial charge in [0, 0.05) is 112 Å². The summed E-state index contributed by atoms with van der Waals surface area (Å²) in [6.07, 6.45) is 42.7. The Kier molecular flexibility index (Phi) is 36.1. The molecule has 129 heavy (non-hydrogen) atoms. The summed E-state index contributed by atoms with van der Waals surface area (Å²) in [7, 11) is -3.49. The van der Waals surface area contributed by atoms with Gasteiger partial charge in [-0.25, -0.2) is 32.3 Å². The number of H-pyrrole nitrogens is 1. The summed E-state index contributed by atoms with van der Waals surface area (Å²) < 4.78 is 64.2. The van der Waals surface area contributed by atoms with Crippen LogP contribution in [0.4, 0.5) is 7.77 Å². The number of carbonyl (C=O) groups is 2. The highest BCUT2D eigenvalue weighted by Crippen LogP contribution is 2.59. The van der Waals surface area contributed by atoms with Crippen LogP contribution in [0.15, 0.2) is 190 Å². The number of hydrogen-bond acceptors (Lipinski definition) is 14. The lowest BCUT2D eigenvalue weighted by Crippen LogP contribution is -2.43. The van der Waals surface area contributed by atoms with Gasteiger partial charge in [-0.05, 0) is 369 Å². The number of benzene rings is 4. The highest BCUT2D eigenvalue weighted by atomic mass is 79.9. The van der Waals surface area contributed by atoms with Crippen molar-refractivity contribution in [1.82, 2.24) is 24.7 Å². The van der Waals surface area contributed by atoms with Crippen molar-refractivity contribution in [2.24, 2.45) is 54.9 Å². The van der Waals surface area contributed by atoms with Crippen LogP contribution in [0, 0.1) is 50.0 Å². The van der Waals surface area contributed by atoms with Gasteiger partial charge in [0.2, 0.25) is 0 Å². The Morgan fingerprint density at radius 3 is 1.16 bits per heavy atom. The van der Waals surface area contributed by atoms with Crippen molar-refractivity contribution in [3.63, 3.8) is 0 Å². The molecule has 0 saturated heterocycles. The molecular weight excluding hydrogens is 1850 g/mol. The van der Waals surface area contributed by atoms with Crippen LogP contribution in [0.25, 0.3) is 0 Å². The fraction of sp³-hybridized carbons (Fsp3) is 0.552. The normalized spacial score (nSPS) is 26.1. The van der Waals surface area contributed by atoms with Crippen LogP contribution in [-0.4, -0.2) is 92.9 Å². The number of alkyl halides is 1. The van der Waals surface area contributed by atoms with Gasteiger partial charge in [0.15, 0.2) is 11.6 Å². The van der Waals surface area contributed by atoms with Gasteiger partial charge in [-0.15, -0.1) is 35.3 Å². The van der Waals surface area contributed by atoms with Gasteiger partial charge in [-0.2, -0.15) is 12.2 Å². The average molecular weight is 1980 g/mol. The Hall–Kier alpha value is -4.83. The third-order valence-corrected chi connectivity index (χ3v) is 37.5. The van der Waals surface area contributed by atoms with E-state index in [1.807, 2.05) is 132 Å². The van der Waals surface area contributed by atoms with Gasteiger partial charge in [0.1, 0.15) is 15.6 Å². The van der Waals surface area contributed by atoms with Gasteiger partial charge in [-0.1, -0.05) is 149 Å². The van der Waals surface area contributed by atoms with E-state index in [0.717, 1.165) is 153 Å². The molecule has 4 aromatic carbocycles. The number of halogens is 3. The number of nitrogens with one attached hydrogen (secondary N) is 2. The number of rotatable bonds is 17. The lowest BCUT2D eigenvalue weighted by molar-refractivity contribution is 0.0728. The maximum absolute atomic E-state index is 13.1. The predicted octanol–water partition coefficient (Wildman–Crippen LogP) is 28.0. The second-order valence-electron chi connectivity index (χ2n) is 41.3. The molecule has 20 rings (SSSR count). The van der Waals surface area contributed by atoms with Gasteiger partial charge >= 0.3 is 0 Å². The van der Waals surface area contributed by atoms with E-state index in [1.165, 1.54) is 172 Å². The Morgan fingerprint density at radius 2 is 0.822 bits per heavy atom. The maximum atomic E-state index is 13.1. The van der Waals surface area contributed by atoms with E-state index >= 15 is 0 Å². The Bertz CT molecular complexity index is 5180. The zero-order chi connectivity index (χ0) is 91.9. The number of aromatic nitrogens is 4. The molecule has 0 aliphatic heterocycles. The number of nitrogens with zero attached hydrogens (tertiary/aromatic N) is 4. The highest BCUT2D eigenvalue weighted by molar-refractivity contribution is 9.09. The lowest BCUT2D eigenvalue weighted by Gasteiger charge is -2.42. The molecule has 696 valence electrons. The van der Waals surface area contributed by atoms with Crippen LogP contribution >= 0.6 is 88.6 Å². The third-order valence-electron chi connectivity index (χ3n) is 28.6. The first-order valence-electron chi connectivity index (χ1n) is 47.0. The Morgan fingerprint density at radius 1 is 0.473 bits per heavy atom. The van der Waals surface area contributed by atoms with Crippen molar-refractivity contribution >= 4 is 139 Å². The average Bonchev–Trinajstić information content (AvgIpc) is 1.61. The number of pyridine rings is 4. The van der Waals surface area contributed by atoms with E-state index in [9.17, 15) is 30.0 Å². The third kappa shape index (κ3) is 27.1. The fourth-order valence-corrected chi connectivity index (χ4v) is 25.4. The molecular formula is C105H136BrF2N7O5S9. The van der Waals surface area contributed by atoms with Crippen LogP contribution in [0.3, 0.4) is 0 Å². The SMILES string of the molecule is BrCC1CC1.CC(C)(C)[S@@](=O)N=C1c2ccccc2CC12CCC(c1ccc(SCC3CC3)nc1)CC2.CC(C)(C)[S@@](=O)NC1c2ccccc2CC12CCC(c1ccc(SCC3CC3)nc1)CC2.CC(C)(C)[S@](N)=O.CSF.FS.O=C1c2ccccc2CC12CCC(c1ccc(=S)[nH]c1)CC2.O=C1c2ccccc2CC12CCC(c1ccc(SCC3CC3)nc1)CC2. The minimum absolute atomic E-state index is 0.0363. The van der Waals surface area contributed by atoms with Gasteiger partial charge in [0.05, 0.1) is 63.0 Å². The van der Waals surface area contributed by atoms with E-state index in [0.29, 0.717) is 35.2 Å². The molecule has 4 aromatic heterocycles. The quantitative estimate of drug-likeness (QED) is 0.0292. The van der Waals surface area contributed by atoms with E-state index in [1.54, 1.807) is 0 Å². The topological polar surface area (TPSA) is 190 Å². The molecule has 8 saturated carbocycles. The minimum Gasteiger partial charge on any atom is -0.353 e. The molecule has 4 heterocycles. The van der Waals surface area contributed by atoms with Gasteiger partial charge < -0.3 is 4.98 Å². The monoisotopic (exact) mass is 1980 g/mol. The van der Waals surface area contributed by atoms with Crippen LogP contribution in [0.2, 0.25) is 0 Å². The number of fused-ring (bicyclic) bond motifs is 4. The van der Waals surface area contributed by atoms with Crippen LogP contribution in [-0.2, 0) is 58.6 Å². The molecule has 4 N–H and O–H groups in total. The Labute approximate surface area is 812 Å². The second kappa shape index (κ2) is 45.9. The van der Waals surface area contributed by atoms with Crippen molar-refractivity contribution in [3.8, 4) is 0 Å². The molecule has 0 amide bonds. The zero-order valence-corrected chi connectivity index (χ0v) is 86.3. The van der Waals surface area contributed by atoms with Gasteiger partial charge in [0.25, 0.3) is 0 Å². The fourth-order valence-electron chi connectivity index (χ4n) is 19.8. The number of ketones is 2. The van der Waals surface area contributed by atoms with Crippen LogP contribution in [0.5, 0.6) is 0 Å². The molecule has 8 aromatic rings. The summed E-state index contributed by atoms with van der Waals surface area (Å²) >= 11 is 16.5. The molecule has 24 heteroatoms. The first-order valence-corrected chi connectivity index (χ1v) is 56.4. The minimum atomic E-state index is -1.24. The van der Waals surface area contributed by atoms with Crippen LogP contribution < -0.4 is 9.86 Å². The molecule has 0 bridgehead atoms. The first kappa shape index (κ1) is 102. The second-order valence-corrected chi connectivity index (χ2v) is 51.5. The molecule has 1 unspecified atom stereocenters. The summed E-state index contributed by atoms with van der Waals surface area (Å²) in [6, 6.07) is 51.6. The molecule has 4 spiro atoms. The number of carbonyl (C=O) groups excluding carboxylic acids is 2. The summed E-state index contributed by atoms with van der Waals surface area (Å²) in [6.45, 7) is 17.7. The number of nitrogens with two attached hydrogens (primary N) is 1. The number of thioether (sulfide) groups is 3. The zero-order valence-electron chi connectivity index (χ0n) is 77.2. The largest absolute Gasteiger partial charge is 0.353 e. The van der Waals surface area contributed by atoms with E-state index in [2.05, 4.69) is 179 Å².